The van der Waals surface area contributed by atoms with Crippen molar-refractivity contribution in [1.82, 2.24) is 4.98 Å². The molecule has 0 aliphatic carbocycles. The van der Waals surface area contributed by atoms with Crippen molar-refractivity contribution in [3.63, 3.8) is 0 Å². The van der Waals surface area contributed by atoms with Gasteiger partial charge in [-0.05, 0) is 28.2 Å². The SMILES string of the molecule is CN(Cc1ccc(CN)cc1)c1ccc(C(C)(C)C)cn1. The third kappa shape index (κ3) is 4.05. The van der Waals surface area contributed by atoms with E-state index in [9.17, 15) is 0 Å². The van der Waals surface area contributed by atoms with Gasteiger partial charge in [-0.1, -0.05) is 51.1 Å². The minimum Gasteiger partial charge on any atom is -0.355 e. The molecular formula is C18H25N3. The van der Waals surface area contributed by atoms with Gasteiger partial charge in [0.25, 0.3) is 0 Å². The molecule has 1 heterocycles. The second-order valence-electron chi connectivity index (χ2n) is 6.53. The van der Waals surface area contributed by atoms with Gasteiger partial charge in [0.05, 0.1) is 0 Å². The molecule has 0 fully saturated rings. The van der Waals surface area contributed by atoms with Crippen molar-refractivity contribution >= 4 is 5.82 Å². The van der Waals surface area contributed by atoms with Gasteiger partial charge in [0, 0.05) is 26.3 Å². The number of rotatable bonds is 4. The molecule has 2 rings (SSSR count). The van der Waals surface area contributed by atoms with Crippen LogP contribution in [0.3, 0.4) is 0 Å². The Balaban J connectivity index is 2.07. The van der Waals surface area contributed by atoms with Crippen LogP contribution < -0.4 is 10.6 Å². The third-order valence-electron chi connectivity index (χ3n) is 3.68. The van der Waals surface area contributed by atoms with E-state index in [1.807, 2.05) is 6.20 Å². The predicted octanol–water partition coefficient (Wildman–Crippen LogP) is 3.47. The van der Waals surface area contributed by atoms with Crippen molar-refractivity contribution in [2.24, 2.45) is 5.73 Å². The van der Waals surface area contributed by atoms with E-state index in [2.05, 4.69) is 74.1 Å². The number of benzene rings is 1. The Morgan fingerprint density at radius 1 is 1.00 bits per heavy atom. The summed E-state index contributed by atoms with van der Waals surface area (Å²) in [5.74, 6) is 0.992. The summed E-state index contributed by atoms with van der Waals surface area (Å²) in [4.78, 5) is 6.74. The summed E-state index contributed by atoms with van der Waals surface area (Å²) < 4.78 is 0. The lowest BCUT2D eigenvalue weighted by Crippen LogP contribution is -2.18. The summed E-state index contributed by atoms with van der Waals surface area (Å²) in [5, 5.41) is 0. The molecule has 0 aliphatic heterocycles. The van der Waals surface area contributed by atoms with E-state index in [4.69, 9.17) is 5.73 Å². The van der Waals surface area contributed by atoms with Crippen LogP contribution in [0, 0.1) is 0 Å². The Bertz CT molecular complexity index is 565. The van der Waals surface area contributed by atoms with Crippen molar-refractivity contribution in [1.29, 1.82) is 0 Å². The Morgan fingerprint density at radius 2 is 1.62 bits per heavy atom. The van der Waals surface area contributed by atoms with Crippen molar-refractivity contribution < 1.29 is 0 Å². The van der Waals surface area contributed by atoms with E-state index in [0.29, 0.717) is 6.54 Å². The van der Waals surface area contributed by atoms with Crippen molar-refractivity contribution in [2.45, 2.75) is 39.3 Å². The number of hydrogen-bond acceptors (Lipinski definition) is 3. The summed E-state index contributed by atoms with van der Waals surface area (Å²) in [6, 6.07) is 12.7. The highest BCUT2D eigenvalue weighted by Crippen LogP contribution is 2.23. The summed E-state index contributed by atoms with van der Waals surface area (Å²) in [7, 11) is 2.07. The average Bonchev–Trinajstić information content (AvgIpc) is 2.47. The van der Waals surface area contributed by atoms with Gasteiger partial charge in [0.15, 0.2) is 0 Å². The van der Waals surface area contributed by atoms with Crippen molar-refractivity contribution in [3.05, 3.63) is 59.3 Å². The zero-order chi connectivity index (χ0) is 15.5. The largest absolute Gasteiger partial charge is 0.355 e. The fourth-order valence-corrected chi connectivity index (χ4v) is 2.19. The Labute approximate surface area is 127 Å². The molecule has 112 valence electrons. The van der Waals surface area contributed by atoms with Crippen LogP contribution >= 0.6 is 0 Å². The molecular weight excluding hydrogens is 258 g/mol. The van der Waals surface area contributed by atoms with Crippen LogP contribution in [-0.4, -0.2) is 12.0 Å². The van der Waals surface area contributed by atoms with Gasteiger partial charge in [-0.25, -0.2) is 4.98 Å². The molecule has 2 N–H and O–H groups in total. The van der Waals surface area contributed by atoms with Gasteiger partial charge in [0.2, 0.25) is 0 Å². The predicted molar refractivity (Wildman–Crippen MR) is 89.4 cm³/mol. The molecule has 1 aromatic heterocycles. The minimum absolute atomic E-state index is 0.141. The Morgan fingerprint density at radius 3 is 2.10 bits per heavy atom. The molecule has 0 saturated carbocycles. The highest BCUT2D eigenvalue weighted by atomic mass is 15.2. The first kappa shape index (κ1) is 15.5. The smallest absolute Gasteiger partial charge is 0.128 e. The minimum atomic E-state index is 0.141. The Kier molecular flexibility index (Phi) is 4.63. The number of pyridine rings is 1. The second kappa shape index (κ2) is 6.27. The maximum Gasteiger partial charge on any atom is 0.128 e. The van der Waals surface area contributed by atoms with Crippen LogP contribution in [0.1, 0.15) is 37.5 Å². The first-order valence-corrected chi connectivity index (χ1v) is 7.35. The highest BCUT2D eigenvalue weighted by Gasteiger charge is 2.14. The summed E-state index contributed by atoms with van der Waals surface area (Å²) in [6.07, 6.45) is 1.98. The van der Waals surface area contributed by atoms with E-state index in [1.165, 1.54) is 11.1 Å². The van der Waals surface area contributed by atoms with Crippen LogP contribution in [0.4, 0.5) is 5.82 Å². The van der Waals surface area contributed by atoms with E-state index in [1.54, 1.807) is 0 Å². The van der Waals surface area contributed by atoms with Crippen LogP contribution in [-0.2, 0) is 18.5 Å². The summed E-state index contributed by atoms with van der Waals surface area (Å²) in [5.41, 5.74) is 9.44. The van der Waals surface area contributed by atoms with Crippen LogP contribution in [0.15, 0.2) is 42.6 Å². The molecule has 3 nitrogen and oxygen atoms in total. The maximum absolute atomic E-state index is 5.62. The average molecular weight is 283 g/mol. The summed E-state index contributed by atoms with van der Waals surface area (Å²) >= 11 is 0. The number of hydrogen-bond donors (Lipinski definition) is 1. The molecule has 1 aromatic carbocycles. The quantitative estimate of drug-likeness (QED) is 0.934. The van der Waals surface area contributed by atoms with E-state index in [0.717, 1.165) is 17.9 Å². The molecule has 0 bridgehead atoms. The van der Waals surface area contributed by atoms with E-state index < -0.39 is 0 Å². The van der Waals surface area contributed by atoms with Crippen molar-refractivity contribution in [3.8, 4) is 0 Å². The first-order valence-electron chi connectivity index (χ1n) is 7.35. The maximum atomic E-state index is 5.62. The molecule has 0 unspecified atom stereocenters. The zero-order valence-electron chi connectivity index (χ0n) is 13.4. The molecule has 0 atom stereocenters. The van der Waals surface area contributed by atoms with Gasteiger partial charge in [-0.3, -0.25) is 0 Å². The molecule has 3 heteroatoms. The topological polar surface area (TPSA) is 42.1 Å². The number of anilines is 1. The fraction of sp³-hybridized carbons (Fsp3) is 0.389. The third-order valence-corrected chi connectivity index (χ3v) is 3.68. The lowest BCUT2D eigenvalue weighted by atomic mass is 9.88. The van der Waals surface area contributed by atoms with Gasteiger partial charge < -0.3 is 10.6 Å². The molecule has 0 aliphatic rings. The lowest BCUT2D eigenvalue weighted by Gasteiger charge is -2.22. The second-order valence-corrected chi connectivity index (χ2v) is 6.53. The standard InChI is InChI=1S/C18H25N3/c1-18(2,3)16-9-10-17(20-12-16)21(4)13-15-7-5-14(11-19)6-8-15/h5-10,12H,11,13,19H2,1-4H3. The number of nitrogens with two attached hydrogens (primary N) is 1. The van der Waals surface area contributed by atoms with E-state index in [-0.39, 0.29) is 5.41 Å². The monoisotopic (exact) mass is 283 g/mol. The molecule has 0 amide bonds. The molecule has 21 heavy (non-hydrogen) atoms. The lowest BCUT2D eigenvalue weighted by molar-refractivity contribution is 0.587. The van der Waals surface area contributed by atoms with Gasteiger partial charge in [0.1, 0.15) is 5.82 Å². The van der Waals surface area contributed by atoms with Crippen LogP contribution in [0.5, 0.6) is 0 Å². The Hall–Kier alpha value is -1.87. The molecule has 0 radical (unpaired) electrons. The van der Waals surface area contributed by atoms with Gasteiger partial charge in [-0.15, -0.1) is 0 Å². The molecule has 0 spiro atoms. The summed E-state index contributed by atoms with van der Waals surface area (Å²) in [6.45, 7) is 8.03. The molecule has 0 saturated heterocycles. The zero-order valence-corrected chi connectivity index (χ0v) is 13.4. The molecule has 2 aromatic rings. The highest BCUT2D eigenvalue weighted by molar-refractivity contribution is 5.40. The van der Waals surface area contributed by atoms with E-state index >= 15 is 0 Å². The number of aromatic nitrogens is 1. The van der Waals surface area contributed by atoms with Gasteiger partial charge in [-0.2, -0.15) is 0 Å². The van der Waals surface area contributed by atoms with Crippen LogP contribution in [0.2, 0.25) is 0 Å². The number of nitrogens with zero attached hydrogens (tertiary/aromatic N) is 2. The first-order chi connectivity index (χ1) is 9.90. The van der Waals surface area contributed by atoms with Gasteiger partial charge >= 0.3 is 0 Å². The van der Waals surface area contributed by atoms with Crippen LogP contribution in [0.25, 0.3) is 0 Å². The fourth-order valence-electron chi connectivity index (χ4n) is 2.19. The normalized spacial score (nSPS) is 11.5. The van der Waals surface area contributed by atoms with Crippen molar-refractivity contribution in [2.75, 3.05) is 11.9 Å².